The van der Waals surface area contributed by atoms with Gasteiger partial charge in [0.05, 0.1) is 16.6 Å². The van der Waals surface area contributed by atoms with E-state index >= 15 is 0 Å². The van der Waals surface area contributed by atoms with Crippen molar-refractivity contribution in [3.63, 3.8) is 0 Å². The second-order valence-electron chi connectivity index (χ2n) is 2.59. The minimum Gasteiger partial charge on any atom is -0.383 e. The van der Waals surface area contributed by atoms with Crippen LogP contribution in [-0.4, -0.2) is 25.2 Å². The zero-order valence-electron chi connectivity index (χ0n) is 7.75. The Bertz CT molecular complexity index is 348. The van der Waals surface area contributed by atoms with Crippen LogP contribution in [0.15, 0.2) is 16.7 Å². The molecule has 14 heavy (non-hydrogen) atoms. The van der Waals surface area contributed by atoms with Crippen molar-refractivity contribution < 1.29 is 4.74 Å². The number of aromatic nitrogens is 1. The highest BCUT2D eigenvalue weighted by molar-refractivity contribution is 9.10. The molecule has 0 aliphatic rings. The van der Waals surface area contributed by atoms with Gasteiger partial charge in [0.1, 0.15) is 11.9 Å². The van der Waals surface area contributed by atoms with Gasteiger partial charge in [0, 0.05) is 19.9 Å². The predicted molar refractivity (Wildman–Crippen MR) is 57.0 cm³/mol. The van der Waals surface area contributed by atoms with Crippen LogP contribution in [0, 0.1) is 11.3 Å². The summed E-state index contributed by atoms with van der Waals surface area (Å²) in [6, 6.07) is 3.74. The molecule has 0 aromatic carbocycles. The third kappa shape index (κ3) is 2.98. The number of nitriles is 1. The lowest BCUT2D eigenvalue weighted by atomic mass is 10.3. The summed E-state index contributed by atoms with van der Waals surface area (Å²) in [4.78, 5) is 4.08. The fourth-order valence-corrected chi connectivity index (χ4v) is 1.39. The van der Waals surface area contributed by atoms with Crippen LogP contribution in [0.5, 0.6) is 0 Å². The molecule has 4 nitrogen and oxygen atoms in total. The third-order valence-electron chi connectivity index (χ3n) is 1.57. The van der Waals surface area contributed by atoms with Crippen molar-refractivity contribution in [2.75, 3.05) is 25.6 Å². The lowest BCUT2D eigenvalue weighted by Crippen LogP contribution is -2.09. The van der Waals surface area contributed by atoms with E-state index in [9.17, 15) is 0 Å². The van der Waals surface area contributed by atoms with Crippen LogP contribution < -0.4 is 5.32 Å². The summed E-state index contributed by atoms with van der Waals surface area (Å²) >= 11 is 3.32. The Hall–Kier alpha value is -1.12. The largest absolute Gasteiger partial charge is 0.383 e. The van der Waals surface area contributed by atoms with Crippen molar-refractivity contribution in [2.24, 2.45) is 0 Å². The maximum absolute atomic E-state index is 8.62. The zero-order valence-corrected chi connectivity index (χ0v) is 9.34. The van der Waals surface area contributed by atoms with Crippen LogP contribution in [0.4, 0.5) is 5.82 Å². The van der Waals surface area contributed by atoms with E-state index in [1.54, 1.807) is 13.2 Å². The van der Waals surface area contributed by atoms with Gasteiger partial charge in [-0.1, -0.05) is 0 Å². The second-order valence-corrected chi connectivity index (χ2v) is 3.44. The van der Waals surface area contributed by atoms with Gasteiger partial charge in [0.15, 0.2) is 0 Å². The number of ether oxygens (including phenoxy) is 1. The van der Waals surface area contributed by atoms with Gasteiger partial charge >= 0.3 is 0 Å². The maximum atomic E-state index is 8.62. The highest BCUT2D eigenvalue weighted by Crippen LogP contribution is 2.19. The van der Waals surface area contributed by atoms with E-state index < -0.39 is 0 Å². The van der Waals surface area contributed by atoms with Crippen LogP contribution in [0.25, 0.3) is 0 Å². The molecule has 0 saturated heterocycles. The summed E-state index contributed by atoms with van der Waals surface area (Å²) in [6.07, 6.45) is 1.53. The molecular weight excluding hydrogens is 246 g/mol. The fourth-order valence-electron chi connectivity index (χ4n) is 0.901. The van der Waals surface area contributed by atoms with Gasteiger partial charge in [-0.15, -0.1) is 0 Å². The average molecular weight is 256 g/mol. The number of nitrogens with zero attached hydrogens (tertiary/aromatic N) is 2. The van der Waals surface area contributed by atoms with Crippen LogP contribution in [0.3, 0.4) is 0 Å². The minimum atomic E-state index is 0.536. The molecule has 0 bridgehead atoms. The number of anilines is 1. The normalized spacial score (nSPS) is 9.50. The van der Waals surface area contributed by atoms with E-state index in [0.29, 0.717) is 18.7 Å². The predicted octanol–water partition coefficient (Wildman–Crippen LogP) is 1.77. The smallest absolute Gasteiger partial charge is 0.140 e. The van der Waals surface area contributed by atoms with E-state index in [2.05, 4.69) is 26.2 Å². The second kappa shape index (κ2) is 5.58. The molecule has 0 amide bonds. The number of methoxy groups -OCH3 is 1. The number of halogens is 1. The van der Waals surface area contributed by atoms with Gasteiger partial charge in [-0.05, 0) is 22.0 Å². The fraction of sp³-hybridized carbons (Fsp3) is 0.333. The van der Waals surface area contributed by atoms with Gasteiger partial charge in [0.2, 0.25) is 0 Å². The van der Waals surface area contributed by atoms with E-state index in [-0.39, 0.29) is 0 Å². The maximum Gasteiger partial charge on any atom is 0.140 e. The van der Waals surface area contributed by atoms with E-state index in [1.807, 2.05) is 6.07 Å². The first kappa shape index (κ1) is 11.0. The number of hydrogen-bond donors (Lipinski definition) is 1. The molecule has 0 fully saturated rings. The molecule has 0 saturated carbocycles. The molecule has 1 N–H and O–H groups in total. The summed E-state index contributed by atoms with van der Waals surface area (Å²) in [7, 11) is 1.64. The molecule has 1 aromatic heterocycles. The lowest BCUT2D eigenvalue weighted by molar-refractivity contribution is 0.210. The SMILES string of the molecule is COCCNc1ncc(C#N)cc1Br. The summed E-state index contributed by atoms with van der Waals surface area (Å²) in [6.45, 7) is 1.31. The molecule has 0 radical (unpaired) electrons. The molecule has 0 atom stereocenters. The quantitative estimate of drug-likeness (QED) is 0.834. The Morgan fingerprint density at radius 2 is 2.50 bits per heavy atom. The number of nitrogens with one attached hydrogen (secondary N) is 1. The van der Waals surface area contributed by atoms with Crippen LogP contribution >= 0.6 is 15.9 Å². The average Bonchev–Trinajstić information content (AvgIpc) is 2.20. The summed E-state index contributed by atoms with van der Waals surface area (Å²) < 4.78 is 5.68. The Morgan fingerprint density at radius 3 is 3.07 bits per heavy atom. The molecule has 0 aliphatic carbocycles. The van der Waals surface area contributed by atoms with Crippen molar-refractivity contribution in [1.29, 1.82) is 5.26 Å². The van der Waals surface area contributed by atoms with Crippen molar-refractivity contribution in [1.82, 2.24) is 4.98 Å². The molecule has 0 aliphatic heterocycles. The third-order valence-corrected chi connectivity index (χ3v) is 2.17. The first-order valence-corrected chi connectivity index (χ1v) is 4.85. The molecule has 1 aromatic rings. The summed E-state index contributed by atoms with van der Waals surface area (Å²) in [5, 5.41) is 11.7. The van der Waals surface area contributed by atoms with Gasteiger partial charge in [-0.2, -0.15) is 5.26 Å². The first-order valence-electron chi connectivity index (χ1n) is 4.06. The molecule has 1 rings (SSSR count). The first-order chi connectivity index (χ1) is 6.77. The van der Waals surface area contributed by atoms with Crippen molar-refractivity contribution >= 4 is 21.7 Å². The molecule has 0 unspecified atom stereocenters. The molecule has 0 spiro atoms. The van der Waals surface area contributed by atoms with E-state index in [1.165, 1.54) is 6.20 Å². The molecule has 74 valence electrons. The van der Waals surface area contributed by atoms with Crippen molar-refractivity contribution in [2.45, 2.75) is 0 Å². The van der Waals surface area contributed by atoms with Crippen molar-refractivity contribution in [3.8, 4) is 6.07 Å². The standard InChI is InChI=1S/C9H10BrN3O/c1-14-3-2-12-9-8(10)4-7(5-11)6-13-9/h4,6H,2-3H2,1H3,(H,12,13). The highest BCUT2D eigenvalue weighted by Gasteiger charge is 2.01. The topological polar surface area (TPSA) is 57.9 Å². The Balaban J connectivity index is 2.65. The number of pyridine rings is 1. The number of hydrogen-bond acceptors (Lipinski definition) is 4. The van der Waals surface area contributed by atoms with E-state index in [0.717, 1.165) is 10.3 Å². The molecule has 1 heterocycles. The van der Waals surface area contributed by atoms with Crippen LogP contribution in [-0.2, 0) is 4.74 Å². The molecule has 5 heteroatoms. The monoisotopic (exact) mass is 255 g/mol. The Labute approximate surface area is 91.0 Å². The Morgan fingerprint density at radius 1 is 1.71 bits per heavy atom. The van der Waals surface area contributed by atoms with Crippen LogP contribution in [0.1, 0.15) is 5.56 Å². The van der Waals surface area contributed by atoms with Gasteiger partial charge < -0.3 is 10.1 Å². The summed E-state index contributed by atoms with van der Waals surface area (Å²) in [5.41, 5.74) is 0.536. The van der Waals surface area contributed by atoms with Gasteiger partial charge in [0.25, 0.3) is 0 Å². The van der Waals surface area contributed by atoms with Crippen LogP contribution in [0.2, 0.25) is 0 Å². The Kier molecular flexibility index (Phi) is 4.36. The highest BCUT2D eigenvalue weighted by atomic mass is 79.9. The zero-order chi connectivity index (χ0) is 10.4. The van der Waals surface area contributed by atoms with Crippen molar-refractivity contribution in [3.05, 3.63) is 22.3 Å². The lowest BCUT2D eigenvalue weighted by Gasteiger charge is -2.06. The minimum absolute atomic E-state index is 0.536. The van der Waals surface area contributed by atoms with Gasteiger partial charge in [-0.3, -0.25) is 0 Å². The van der Waals surface area contributed by atoms with E-state index in [4.69, 9.17) is 10.00 Å². The number of rotatable bonds is 4. The molecular formula is C9H10BrN3O. The summed E-state index contributed by atoms with van der Waals surface area (Å²) in [5.74, 6) is 0.723. The van der Waals surface area contributed by atoms with Gasteiger partial charge in [-0.25, -0.2) is 4.98 Å².